The van der Waals surface area contributed by atoms with Crippen LogP contribution in [0.25, 0.3) is 0 Å². The molecule has 1 atom stereocenters. The molecule has 5 heteroatoms. The quantitative estimate of drug-likeness (QED) is 0.430. The molecule has 0 fully saturated rings. The van der Waals surface area contributed by atoms with Crippen LogP contribution in [0.2, 0.25) is 0 Å². The molecule has 0 saturated carbocycles. The molecule has 0 heterocycles. The molecule has 0 amide bonds. The SMILES string of the molecule is BBC(C)c1ccccc1C(=O)OCCSC. The van der Waals surface area contributed by atoms with Gasteiger partial charge >= 0.3 is 5.97 Å². The molecule has 90 valence electrons. The summed E-state index contributed by atoms with van der Waals surface area (Å²) in [5, 5.41) is 0. The number of carbonyl (C=O) groups excluding carboxylic acids is 1. The number of esters is 1. The number of thioether (sulfide) groups is 1. The lowest BCUT2D eigenvalue weighted by molar-refractivity contribution is 0.0529. The van der Waals surface area contributed by atoms with E-state index in [1.807, 2.05) is 30.5 Å². The van der Waals surface area contributed by atoms with Crippen molar-refractivity contribution in [3.63, 3.8) is 0 Å². The fourth-order valence-electron chi connectivity index (χ4n) is 1.63. The topological polar surface area (TPSA) is 26.3 Å². The predicted octanol–water partition coefficient (Wildman–Crippen LogP) is 1.25. The summed E-state index contributed by atoms with van der Waals surface area (Å²) in [4.78, 5) is 11.9. The van der Waals surface area contributed by atoms with E-state index in [2.05, 4.69) is 14.7 Å². The number of hydrogen-bond donors (Lipinski definition) is 0. The highest BCUT2D eigenvalue weighted by atomic mass is 32.2. The predicted molar refractivity (Wildman–Crippen MR) is 79.2 cm³/mol. The molecule has 0 bridgehead atoms. The molecule has 1 aromatic rings. The first-order valence-corrected chi connectivity index (χ1v) is 7.35. The second kappa shape index (κ2) is 7.49. The summed E-state index contributed by atoms with van der Waals surface area (Å²) in [6, 6.07) is 7.72. The highest BCUT2D eigenvalue weighted by Crippen LogP contribution is 2.19. The summed E-state index contributed by atoms with van der Waals surface area (Å²) < 4.78 is 5.24. The molecule has 0 radical (unpaired) electrons. The van der Waals surface area contributed by atoms with Gasteiger partial charge in [-0.15, -0.1) is 0 Å². The molecule has 1 unspecified atom stereocenters. The maximum atomic E-state index is 11.9. The number of benzene rings is 1. The zero-order valence-corrected chi connectivity index (χ0v) is 11.5. The number of rotatable bonds is 6. The van der Waals surface area contributed by atoms with Crippen LogP contribution in [0.5, 0.6) is 0 Å². The van der Waals surface area contributed by atoms with Gasteiger partial charge in [-0.05, 0) is 17.9 Å². The first-order valence-electron chi connectivity index (χ1n) is 5.95. The van der Waals surface area contributed by atoms with Crippen LogP contribution < -0.4 is 0 Å². The zero-order valence-electron chi connectivity index (χ0n) is 10.7. The van der Waals surface area contributed by atoms with Gasteiger partial charge < -0.3 is 4.74 Å². The highest BCUT2D eigenvalue weighted by Gasteiger charge is 2.15. The van der Waals surface area contributed by atoms with Crippen molar-refractivity contribution in [3.8, 4) is 0 Å². The average Bonchev–Trinajstić information content (AvgIpc) is 2.38. The summed E-state index contributed by atoms with van der Waals surface area (Å²) >= 11 is 1.68. The van der Waals surface area contributed by atoms with Crippen molar-refractivity contribution in [1.29, 1.82) is 0 Å². The van der Waals surface area contributed by atoms with Crippen molar-refractivity contribution >= 4 is 32.6 Å². The van der Waals surface area contributed by atoms with Gasteiger partial charge in [0.2, 0.25) is 0 Å². The van der Waals surface area contributed by atoms with E-state index in [9.17, 15) is 4.79 Å². The van der Waals surface area contributed by atoms with E-state index in [1.165, 1.54) is 0 Å². The molecule has 0 aromatic heterocycles. The van der Waals surface area contributed by atoms with Crippen LogP contribution in [-0.2, 0) is 4.74 Å². The minimum Gasteiger partial charge on any atom is -0.461 e. The van der Waals surface area contributed by atoms with Gasteiger partial charge in [-0.2, -0.15) is 11.8 Å². The first-order chi connectivity index (χ1) is 8.20. The molecule has 1 aromatic carbocycles. The Bertz CT molecular complexity index is 371. The van der Waals surface area contributed by atoms with Crippen LogP contribution in [0.4, 0.5) is 0 Å². The largest absolute Gasteiger partial charge is 0.461 e. The van der Waals surface area contributed by atoms with Crippen molar-refractivity contribution in [2.24, 2.45) is 0 Å². The lowest BCUT2D eigenvalue weighted by Gasteiger charge is -2.13. The second-order valence-corrected chi connectivity index (χ2v) is 5.01. The Hall–Kier alpha value is -0.830. The molecule has 2 nitrogen and oxygen atoms in total. The van der Waals surface area contributed by atoms with E-state index in [0.29, 0.717) is 18.0 Å². The second-order valence-electron chi connectivity index (χ2n) is 4.03. The van der Waals surface area contributed by atoms with E-state index in [4.69, 9.17) is 4.74 Å². The third-order valence-electron chi connectivity index (χ3n) is 2.84. The average molecular weight is 248 g/mol. The summed E-state index contributed by atoms with van der Waals surface area (Å²) in [6.07, 6.45) is 2.00. The molecule has 1 rings (SSSR count). The van der Waals surface area contributed by atoms with Gasteiger partial charge in [0.15, 0.2) is 0 Å². The standard InChI is InChI=1S/C12H18B2O2S/c1-9(14-13)10-5-3-4-6-11(10)12(15)16-7-8-17-2/h3-6,9,14H,7-8,13H2,1-2H3. The monoisotopic (exact) mass is 248 g/mol. The Morgan fingerprint density at radius 1 is 1.53 bits per heavy atom. The van der Waals surface area contributed by atoms with Gasteiger partial charge in [-0.1, -0.05) is 30.9 Å². The van der Waals surface area contributed by atoms with Gasteiger partial charge in [-0.25, -0.2) is 4.79 Å². The molecular weight excluding hydrogens is 230 g/mol. The van der Waals surface area contributed by atoms with Crippen molar-refractivity contribution in [2.75, 3.05) is 18.6 Å². The highest BCUT2D eigenvalue weighted by molar-refractivity contribution is 7.98. The minimum atomic E-state index is -0.199. The van der Waals surface area contributed by atoms with E-state index >= 15 is 0 Å². The van der Waals surface area contributed by atoms with Crippen molar-refractivity contribution in [2.45, 2.75) is 12.7 Å². The Morgan fingerprint density at radius 2 is 2.24 bits per heavy atom. The molecule has 0 N–H and O–H groups in total. The van der Waals surface area contributed by atoms with Crippen molar-refractivity contribution in [1.82, 2.24) is 0 Å². The smallest absolute Gasteiger partial charge is 0.338 e. The number of ether oxygens (including phenoxy) is 1. The number of hydrogen-bond acceptors (Lipinski definition) is 3. The van der Waals surface area contributed by atoms with E-state index in [0.717, 1.165) is 18.5 Å². The summed E-state index contributed by atoms with van der Waals surface area (Å²) in [5.41, 5.74) is 1.80. The van der Waals surface area contributed by atoms with Gasteiger partial charge in [0.1, 0.15) is 6.61 Å². The Kier molecular flexibility index (Phi) is 6.27. The summed E-state index contributed by atoms with van der Waals surface area (Å²) in [6.45, 7) is 2.61. The van der Waals surface area contributed by atoms with Crippen LogP contribution in [0.1, 0.15) is 28.7 Å². The maximum Gasteiger partial charge on any atom is 0.338 e. The molecular formula is C12H18B2O2S. The maximum absolute atomic E-state index is 11.9. The molecule has 0 aliphatic heterocycles. The summed E-state index contributed by atoms with van der Waals surface area (Å²) in [5.74, 6) is 1.03. The third kappa shape index (κ3) is 4.15. The lowest BCUT2D eigenvalue weighted by Crippen LogP contribution is -2.14. The Labute approximate surface area is 109 Å². The Morgan fingerprint density at radius 3 is 2.88 bits per heavy atom. The van der Waals surface area contributed by atoms with E-state index in [-0.39, 0.29) is 5.97 Å². The summed E-state index contributed by atoms with van der Waals surface area (Å²) in [7, 11) is 3.15. The van der Waals surface area contributed by atoms with Gasteiger partial charge in [0.05, 0.1) is 20.5 Å². The first kappa shape index (κ1) is 14.2. The van der Waals surface area contributed by atoms with Crippen LogP contribution in [0, 0.1) is 0 Å². The normalized spacial score (nSPS) is 11.9. The van der Waals surface area contributed by atoms with Crippen molar-refractivity contribution < 1.29 is 9.53 Å². The van der Waals surface area contributed by atoms with Crippen molar-refractivity contribution in [3.05, 3.63) is 35.4 Å². The van der Waals surface area contributed by atoms with Gasteiger partial charge in [0.25, 0.3) is 0 Å². The van der Waals surface area contributed by atoms with Gasteiger partial charge in [0, 0.05) is 5.75 Å². The molecule has 0 saturated heterocycles. The van der Waals surface area contributed by atoms with Gasteiger partial charge in [-0.3, -0.25) is 0 Å². The molecule has 0 aliphatic rings. The lowest BCUT2D eigenvalue weighted by atomic mass is 9.46. The van der Waals surface area contributed by atoms with Crippen LogP contribution in [0.3, 0.4) is 0 Å². The Balaban J connectivity index is 2.78. The number of carbonyl (C=O) groups is 1. The minimum absolute atomic E-state index is 0.199. The van der Waals surface area contributed by atoms with Crippen LogP contribution in [-0.4, -0.2) is 39.5 Å². The fourth-order valence-corrected chi connectivity index (χ4v) is 1.88. The van der Waals surface area contributed by atoms with Crippen LogP contribution in [0.15, 0.2) is 24.3 Å². The molecule has 0 aliphatic carbocycles. The fraction of sp³-hybridized carbons (Fsp3) is 0.417. The van der Waals surface area contributed by atoms with Crippen LogP contribution >= 0.6 is 11.8 Å². The zero-order chi connectivity index (χ0) is 12.7. The van der Waals surface area contributed by atoms with E-state index in [1.54, 1.807) is 11.8 Å². The molecule has 17 heavy (non-hydrogen) atoms. The van der Waals surface area contributed by atoms with E-state index < -0.39 is 0 Å². The molecule has 0 spiro atoms. The third-order valence-corrected chi connectivity index (χ3v) is 3.42.